The van der Waals surface area contributed by atoms with E-state index in [1.165, 1.54) is 11.1 Å². The summed E-state index contributed by atoms with van der Waals surface area (Å²) in [6.45, 7) is 6.36. The quantitative estimate of drug-likeness (QED) is 0.303. The van der Waals surface area contributed by atoms with Gasteiger partial charge in [0.25, 0.3) is 0 Å². The molecule has 30 heavy (non-hydrogen) atoms. The van der Waals surface area contributed by atoms with Crippen LogP contribution >= 0.6 is 24.0 Å². The van der Waals surface area contributed by atoms with Gasteiger partial charge in [-0.05, 0) is 37.3 Å². The molecule has 1 aromatic carbocycles. The predicted molar refractivity (Wildman–Crippen MR) is 136 cm³/mol. The molecule has 1 aromatic heterocycles. The third-order valence-corrected chi connectivity index (χ3v) is 7.04. The second-order valence-corrected chi connectivity index (χ2v) is 9.55. The van der Waals surface area contributed by atoms with Crippen LogP contribution in [0.2, 0.25) is 0 Å². The van der Waals surface area contributed by atoms with Gasteiger partial charge in [0, 0.05) is 53.3 Å². The molecule has 3 atom stereocenters. The van der Waals surface area contributed by atoms with Crippen LogP contribution in [0.15, 0.2) is 48.0 Å². The Kier molecular flexibility index (Phi) is 10.8. The van der Waals surface area contributed by atoms with Crippen molar-refractivity contribution in [2.45, 2.75) is 63.9 Å². The zero-order chi connectivity index (χ0) is 20.5. The fourth-order valence-electron chi connectivity index (χ4n) is 3.85. The topological polar surface area (TPSA) is 71.3 Å². The molecule has 6 nitrogen and oxygen atoms in total. The number of benzene rings is 1. The van der Waals surface area contributed by atoms with Crippen LogP contribution in [0.25, 0.3) is 0 Å². The molecular formula is C22H34IN5OS. The van der Waals surface area contributed by atoms with Gasteiger partial charge in [-0.2, -0.15) is 0 Å². The first-order valence-electron chi connectivity index (χ1n) is 10.6. The third-order valence-electron chi connectivity index (χ3n) is 5.30. The summed E-state index contributed by atoms with van der Waals surface area (Å²) in [7, 11) is -0.709. The zero-order valence-electron chi connectivity index (χ0n) is 17.9. The molecule has 3 unspecified atom stereocenters. The summed E-state index contributed by atoms with van der Waals surface area (Å²) < 4.78 is 14.3. The van der Waals surface area contributed by atoms with Crippen molar-refractivity contribution >= 4 is 40.7 Å². The van der Waals surface area contributed by atoms with Crippen molar-refractivity contribution < 1.29 is 4.21 Å². The van der Waals surface area contributed by atoms with Crippen LogP contribution in [-0.4, -0.2) is 43.3 Å². The van der Waals surface area contributed by atoms with Crippen LogP contribution in [0.5, 0.6) is 0 Å². The number of imidazole rings is 1. The number of nitrogens with one attached hydrogen (secondary N) is 2. The van der Waals surface area contributed by atoms with E-state index in [-0.39, 0.29) is 24.0 Å². The Balaban J connectivity index is 0.00000320. The van der Waals surface area contributed by atoms with Crippen molar-refractivity contribution in [1.29, 1.82) is 0 Å². The highest BCUT2D eigenvalue weighted by molar-refractivity contribution is 14.0. The van der Waals surface area contributed by atoms with Crippen LogP contribution in [0.3, 0.4) is 0 Å². The number of rotatable bonds is 8. The lowest BCUT2D eigenvalue weighted by Gasteiger charge is -2.30. The van der Waals surface area contributed by atoms with Crippen LogP contribution in [0.4, 0.5) is 0 Å². The van der Waals surface area contributed by atoms with Gasteiger partial charge in [0.15, 0.2) is 5.96 Å². The maximum absolute atomic E-state index is 12.2. The first-order chi connectivity index (χ1) is 14.2. The van der Waals surface area contributed by atoms with E-state index in [0.717, 1.165) is 50.5 Å². The Labute approximate surface area is 199 Å². The number of hydrogen-bond acceptors (Lipinski definition) is 3. The summed E-state index contributed by atoms with van der Waals surface area (Å²) in [4.78, 5) is 8.91. The lowest BCUT2D eigenvalue weighted by molar-refractivity contribution is 0.413. The minimum absolute atomic E-state index is 0. The SMILES string of the molecule is CCNC(=NCc1cccc(Cn2ccnc2)c1)NC1CCCC(S(=O)CC)C1.I. The molecule has 2 aromatic rings. The Morgan fingerprint density at radius 2 is 2.13 bits per heavy atom. The van der Waals surface area contributed by atoms with E-state index in [4.69, 9.17) is 4.99 Å². The maximum Gasteiger partial charge on any atom is 0.191 e. The second kappa shape index (κ2) is 13.1. The van der Waals surface area contributed by atoms with Crippen molar-refractivity contribution in [2.75, 3.05) is 12.3 Å². The number of nitrogens with zero attached hydrogens (tertiary/aromatic N) is 3. The van der Waals surface area contributed by atoms with Crippen molar-refractivity contribution in [3.63, 3.8) is 0 Å². The number of halogens is 1. The van der Waals surface area contributed by atoms with E-state index in [2.05, 4.69) is 51.4 Å². The summed E-state index contributed by atoms with van der Waals surface area (Å²) >= 11 is 0. The molecule has 166 valence electrons. The smallest absolute Gasteiger partial charge is 0.191 e. The zero-order valence-corrected chi connectivity index (χ0v) is 21.1. The number of aromatic nitrogens is 2. The van der Waals surface area contributed by atoms with Gasteiger partial charge in [-0.25, -0.2) is 9.98 Å². The van der Waals surface area contributed by atoms with Crippen molar-refractivity contribution in [3.8, 4) is 0 Å². The maximum atomic E-state index is 12.2. The Morgan fingerprint density at radius 1 is 1.30 bits per heavy atom. The summed E-state index contributed by atoms with van der Waals surface area (Å²) in [5.74, 6) is 1.60. The molecule has 2 N–H and O–H groups in total. The van der Waals surface area contributed by atoms with E-state index >= 15 is 0 Å². The fourth-order valence-corrected chi connectivity index (χ4v) is 5.20. The third kappa shape index (κ3) is 7.68. The Bertz CT molecular complexity index is 812. The molecule has 0 radical (unpaired) electrons. The van der Waals surface area contributed by atoms with E-state index in [9.17, 15) is 4.21 Å². The van der Waals surface area contributed by atoms with Gasteiger partial charge in [0.1, 0.15) is 0 Å². The molecule has 0 aliphatic heterocycles. The highest BCUT2D eigenvalue weighted by Gasteiger charge is 2.26. The molecule has 0 bridgehead atoms. The fraction of sp³-hybridized carbons (Fsp3) is 0.545. The van der Waals surface area contributed by atoms with Gasteiger partial charge in [-0.3, -0.25) is 4.21 Å². The normalized spacial score (nSPS) is 20.3. The largest absolute Gasteiger partial charge is 0.357 e. The average molecular weight is 544 g/mol. The second-order valence-electron chi connectivity index (χ2n) is 7.55. The summed E-state index contributed by atoms with van der Waals surface area (Å²) in [6, 6.07) is 8.88. The van der Waals surface area contributed by atoms with E-state index in [0.29, 0.717) is 17.8 Å². The highest BCUT2D eigenvalue weighted by Crippen LogP contribution is 2.23. The van der Waals surface area contributed by atoms with Gasteiger partial charge in [0.05, 0.1) is 12.9 Å². The molecule has 0 saturated heterocycles. The molecule has 1 aliphatic carbocycles. The standard InChI is InChI=1S/C22H33N5OS.HI/c1-3-24-22(26-20-9-6-10-21(14-20)29(28)4-2)25-15-18-7-5-8-19(13-18)16-27-12-11-23-17-27;/h5,7-8,11-13,17,20-21H,3-4,6,9-10,14-16H2,1-2H3,(H2,24,25,26);1H. The van der Waals surface area contributed by atoms with Gasteiger partial charge in [-0.1, -0.05) is 37.6 Å². The highest BCUT2D eigenvalue weighted by atomic mass is 127. The summed E-state index contributed by atoms with van der Waals surface area (Å²) in [5.41, 5.74) is 2.43. The van der Waals surface area contributed by atoms with Crippen LogP contribution in [0, 0.1) is 0 Å². The summed E-state index contributed by atoms with van der Waals surface area (Å²) in [6.07, 6.45) is 9.89. The first kappa shape index (κ1) is 24.8. The molecule has 1 aliphatic rings. The molecule has 0 spiro atoms. The summed E-state index contributed by atoms with van der Waals surface area (Å²) in [5, 5.41) is 7.25. The van der Waals surface area contributed by atoms with Gasteiger partial charge in [-0.15, -0.1) is 24.0 Å². The number of guanidine groups is 1. The monoisotopic (exact) mass is 543 g/mol. The molecule has 1 fully saturated rings. The molecular weight excluding hydrogens is 509 g/mol. The lowest BCUT2D eigenvalue weighted by Crippen LogP contribution is -2.46. The molecule has 3 rings (SSSR count). The average Bonchev–Trinajstić information content (AvgIpc) is 3.25. The van der Waals surface area contributed by atoms with Crippen molar-refractivity contribution in [1.82, 2.24) is 20.2 Å². The van der Waals surface area contributed by atoms with E-state index in [1.54, 1.807) is 6.20 Å². The molecule has 1 heterocycles. The van der Waals surface area contributed by atoms with E-state index in [1.807, 2.05) is 19.4 Å². The molecule has 1 saturated carbocycles. The molecule has 8 heteroatoms. The Morgan fingerprint density at radius 3 is 2.87 bits per heavy atom. The predicted octanol–water partition coefficient (Wildman–Crippen LogP) is 3.68. The van der Waals surface area contributed by atoms with Crippen molar-refractivity contribution in [3.05, 3.63) is 54.1 Å². The lowest BCUT2D eigenvalue weighted by atomic mass is 9.95. The minimum atomic E-state index is -0.709. The van der Waals surface area contributed by atoms with Gasteiger partial charge >= 0.3 is 0 Å². The number of hydrogen-bond donors (Lipinski definition) is 2. The van der Waals surface area contributed by atoms with Crippen LogP contribution in [0.1, 0.15) is 50.7 Å². The van der Waals surface area contributed by atoms with Gasteiger partial charge in [0.2, 0.25) is 0 Å². The van der Waals surface area contributed by atoms with Crippen LogP contribution < -0.4 is 10.6 Å². The minimum Gasteiger partial charge on any atom is -0.357 e. The first-order valence-corrected chi connectivity index (χ1v) is 12.0. The van der Waals surface area contributed by atoms with Gasteiger partial charge < -0.3 is 15.2 Å². The van der Waals surface area contributed by atoms with Crippen LogP contribution in [-0.2, 0) is 23.9 Å². The van der Waals surface area contributed by atoms with E-state index < -0.39 is 10.8 Å². The molecule has 0 amide bonds. The Hall–Kier alpha value is -1.42. The number of aliphatic imine (C=N–C) groups is 1. The van der Waals surface area contributed by atoms with Crippen molar-refractivity contribution in [2.24, 2.45) is 4.99 Å².